The maximum atomic E-state index is 12.5. The van der Waals surface area contributed by atoms with E-state index in [4.69, 9.17) is 0 Å². The fraction of sp³-hybridized carbons (Fsp3) is 0.500. The summed E-state index contributed by atoms with van der Waals surface area (Å²) in [6.07, 6.45) is 2.47. The van der Waals surface area contributed by atoms with Crippen LogP contribution < -0.4 is 0 Å². The van der Waals surface area contributed by atoms with Gasteiger partial charge in [0.05, 0.1) is 24.3 Å². The molecule has 0 bridgehead atoms. The Labute approximate surface area is 140 Å². The lowest BCUT2D eigenvalue weighted by Crippen LogP contribution is -2.43. The Balaban J connectivity index is 1.59. The van der Waals surface area contributed by atoms with Gasteiger partial charge >= 0.3 is 0 Å². The normalized spacial score (nSPS) is 20.8. The van der Waals surface area contributed by atoms with Gasteiger partial charge in [-0.05, 0) is 48.6 Å². The molecule has 0 saturated carbocycles. The van der Waals surface area contributed by atoms with Crippen LogP contribution in [0.5, 0.6) is 0 Å². The van der Waals surface area contributed by atoms with Gasteiger partial charge in [0.25, 0.3) is 0 Å². The van der Waals surface area contributed by atoms with Crippen LogP contribution in [0, 0.1) is 0 Å². The summed E-state index contributed by atoms with van der Waals surface area (Å²) in [6, 6.07) is 7.56. The third-order valence-corrected chi connectivity index (χ3v) is 4.20. The molecule has 1 aliphatic rings. The monoisotopic (exact) mass is 330 g/mol. The SMILES string of the molecule is CN(C)C[C@@]1(O)CCN(C(=O)Cc2ccc(-n3cnnn3)cc2)C1. The van der Waals surface area contributed by atoms with Crippen molar-refractivity contribution in [1.29, 1.82) is 0 Å². The number of tetrazole rings is 1. The molecule has 1 aromatic carbocycles. The molecule has 1 saturated heterocycles. The van der Waals surface area contributed by atoms with Crippen LogP contribution in [0.25, 0.3) is 5.69 Å². The first-order valence-corrected chi connectivity index (χ1v) is 7.92. The molecule has 0 spiro atoms. The summed E-state index contributed by atoms with van der Waals surface area (Å²) >= 11 is 0. The first kappa shape index (κ1) is 16.5. The summed E-state index contributed by atoms with van der Waals surface area (Å²) in [5.41, 5.74) is 0.973. The molecule has 8 nitrogen and oxygen atoms in total. The highest BCUT2D eigenvalue weighted by molar-refractivity contribution is 5.79. The summed E-state index contributed by atoms with van der Waals surface area (Å²) < 4.78 is 1.56. The molecule has 8 heteroatoms. The van der Waals surface area contributed by atoms with E-state index in [1.54, 1.807) is 9.58 Å². The molecule has 1 fully saturated rings. The van der Waals surface area contributed by atoms with Gasteiger partial charge in [-0.15, -0.1) is 5.10 Å². The van der Waals surface area contributed by atoms with Crippen LogP contribution in [-0.4, -0.2) is 80.4 Å². The summed E-state index contributed by atoms with van der Waals surface area (Å²) in [7, 11) is 3.85. The Hall–Kier alpha value is -2.32. The topological polar surface area (TPSA) is 87.4 Å². The molecule has 2 heterocycles. The minimum absolute atomic E-state index is 0.0415. The lowest BCUT2D eigenvalue weighted by Gasteiger charge is -2.26. The lowest BCUT2D eigenvalue weighted by molar-refractivity contribution is -0.130. The summed E-state index contributed by atoms with van der Waals surface area (Å²) in [5.74, 6) is 0.0415. The second kappa shape index (κ2) is 6.66. The number of aromatic nitrogens is 4. The van der Waals surface area contributed by atoms with Gasteiger partial charge in [-0.3, -0.25) is 4.79 Å². The van der Waals surface area contributed by atoms with E-state index in [0.29, 0.717) is 32.5 Å². The third kappa shape index (κ3) is 3.77. The number of amides is 1. The van der Waals surface area contributed by atoms with Gasteiger partial charge in [0.2, 0.25) is 5.91 Å². The van der Waals surface area contributed by atoms with E-state index in [9.17, 15) is 9.90 Å². The van der Waals surface area contributed by atoms with E-state index in [1.165, 1.54) is 6.33 Å². The van der Waals surface area contributed by atoms with Crippen molar-refractivity contribution in [2.75, 3.05) is 33.7 Å². The molecule has 1 N–H and O–H groups in total. The van der Waals surface area contributed by atoms with Crippen LogP contribution in [0.1, 0.15) is 12.0 Å². The van der Waals surface area contributed by atoms with Crippen molar-refractivity contribution in [3.63, 3.8) is 0 Å². The van der Waals surface area contributed by atoms with E-state index >= 15 is 0 Å². The van der Waals surface area contributed by atoms with Gasteiger partial charge in [0, 0.05) is 13.1 Å². The molecule has 1 atom stereocenters. The zero-order valence-electron chi connectivity index (χ0n) is 14.0. The van der Waals surface area contributed by atoms with Crippen LogP contribution in [-0.2, 0) is 11.2 Å². The predicted molar refractivity (Wildman–Crippen MR) is 87.6 cm³/mol. The van der Waals surface area contributed by atoms with Gasteiger partial charge in [-0.2, -0.15) is 0 Å². The van der Waals surface area contributed by atoms with Crippen LogP contribution in [0.2, 0.25) is 0 Å². The number of nitrogens with zero attached hydrogens (tertiary/aromatic N) is 6. The minimum Gasteiger partial charge on any atom is -0.387 e. The molecule has 1 aliphatic heterocycles. The number of aliphatic hydroxyl groups is 1. The van der Waals surface area contributed by atoms with Gasteiger partial charge in [0.1, 0.15) is 6.33 Å². The Morgan fingerprint density at radius 2 is 2.08 bits per heavy atom. The maximum absolute atomic E-state index is 12.5. The summed E-state index contributed by atoms with van der Waals surface area (Å²) in [5, 5.41) is 21.6. The van der Waals surface area contributed by atoms with Crippen molar-refractivity contribution in [2.24, 2.45) is 0 Å². The van der Waals surface area contributed by atoms with E-state index in [1.807, 2.05) is 43.3 Å². The number of carbonyl (C=O) groups is 1. The average molecular weight is 330 g/mol. The molecule has 0 unspecified atom stereocenters. The summed E-state index contributed by atoms with van der Waals surface area (Å²) in [4.78, 5) is 16.2. The first-order chi connectivity index (χ1) is 11.5. The molecule has 1 aromatic heterocycles. The van der Waals surface area contributed by atoms with E-state index < -0.39 is 5.60 Å². The van der Waals surface area contributed by atoms with Crippen LogP contribution in [0.4, 0.5) is 0 Å². The molecular formula is C16H22N6O2. The minimum atomic E-state index is -0.802. The molecular weight excluding hydrogens is 308 g/mol. The Kier molecular flexibility index (Phi) is 4.59. The highest BCUT2D eigenvalue weighted by atomic mass is 16.3. The zero-order valence-corrected chi connectivity index (χ0v) is 14.0. The smallest absolute Gasteiger partial charge is 0.227 e. The van der Waals surface area contributed by atoms with Crippen LogP contribution in [0.15, 0.2) is 30.6 Å². The number of hydrogen-bond donors (Lipinski definition) is 1. The van der Waals surface area contributed by atoms with Crippen molar-refractivity contribution in [2.45, 2.75) is 18.4 Å². The first-order valence-electron chi connectivity index (χ1n) is 7.92. The summed E-state index contributed by atoms with van der Waals surface area (Å²) in [6.45, 7) is 1.57. The van der Waals surface area contributed by atoms with Crippen molar-refractivity contribution in [1.82, 2.24) is 30.0 Å². The van der Waals surface area contributed by atoms with E-state index in [-0.39, 0.29) is 5.91 Å². The van der Waals surface area contributed by atoms with Gasteiger partial charge in [-0.1, -0.05) is 12.1 Å². The van der Waals surface area contributed by atoms with E-state index in [2.05, 4.69) is 15.5 Å². The van der Waals surface area contributed by atoms with Crippen molar-refractivity contribution < 1.29 is 9.90 Å². The number of rotatable bonds is 5. The van der Waals surface area contributed by atoms with Gasteiger partial charge in [0.15, 0.2) is 0 Å². The van der Waals surface area contributed by atoms with Gasteiger partial charge < -0.3 is 14.9 Å². The second-order valence-electron chi connectivity index (χ2n) is 6.63. The standard InChI is InChI=1S/C16H22N6O2/c1-20(2)10-16(24)7-8-21(11-16)15(23)9-13-3-5-14(6-4-13)22-12-17-18-19-22/h3-6,12,24H,7-11H2,1-2H3/t16-/m0/s1. The zero-order chi connectivity index (χ0) is 17.2. The molecule has 0 radical (unpaired) electrons. The highest BCUT2D eigenvalue weighted by Crippen LogP contribution is 2.22. The molecule has 3 rings (SSSR count). The number of carbonyl (C=O) groups excluding carboxylic acids is 1. The Morgan fingerprint density at radius 1 is 1.33 bits per heavy atom. The quantitative estimate of drug-likeness (QED) is 0.812. The number of benzene rings is 1. The van der Waals surface area contributed by atoms with Crippen LogP contribution in [0.3, 0.4) is 0 Å². The second-order valence-corrected chi connectivity index (χ2v) is 6.63. The Morgan fingerprint density at radius 3 is 2.71 bits per heavy atom. The maximum Gasteiger partial charge on any atom is 0.227 e. The van der Waals surface area contributed by atoms with Crippen molar-refractivity contribution in [3.05, 3.63) is 36.2 Å². The van der Waals surface area contributed by atoms with Crippen LogP contribution >= 0.6 is 0 Å². The number of likely N-dealkylation sites (N-methyl/N-ethyl adjacent to an activating group) is 1. The predicted octanol–water partition coefficient (Wildman–Crippen LogP) is -0.270. The highest BCUT2D eigenvalue weighted by Gasteiger charge is 2.38. The lowest BCUT2D eigenvalue weighted by atomic mass is 10.0. The molecule has 128 valence electrons. The van der Waals surface area contributed by atoms with Gasteiger partial charge in [-0.25, -0.2) is 4.68 Å². The third-order valence-electron chi connectivity index (χ3n) is 4.20. The van der Waals surface area contributed by atoms with Crippen molar-refractivity contribution in [3.8, 4) is 5.69 Å². The fourth-order valence-corrected chi connectivity index (χ4v) is 3.12. The average Bonchev–Trinajstić information content (AvgIpc) is 3.17. The molecule has 24 heavy (non-hydrogen) atoms. The number of β-amino-alcohol motifs (C(OH)–C–C–N with tert-alkyl or cyclic N) is 1. The number of hydrogen-bond acceptors (Lipinski definition) is 6. The number of likely N-dealkylation sites (tertiary alicyclic amines) is 1. The largest absolute Gasteiger partial charge is 0.387 e. The molecule has 2 aromatic rings. The molecule has 1 amide bonds. The molecule has 0 aliphatic carbocycles. The van der Waals surface area contributed by atoms with Crippen molar-refractivity contribution >= 4 is 5.91 Å². The Bertz CT molecular complexity index is 685. The fourth-order valence-electron chi connectivity index (χ4n) is 3.12. The van der Waals surface area contributed by atoms with E-state index in [0.717, 1.165) is 11.3 Å².